The highest BCUT2D eigenvalue weighted by Crippen LogP contribution is 2.38. The van der Waals surface area contributed by atoms with Crippen LogP contribution in [0.4, 0.5) is 4.39 Å². The molecule has 0 bridgehead atoms. The maximum absolute atomic E-state index is 14.5. The molecule has 120 valence electrons. The second-order valence-corrected chi connectivity index (χ2v) is 6.37. The van der Waals surface area contributed by atoms with E-state index in [1.165, 1.54) is 6.07 Å². The molecule has 24 heavy (non-hydrogen) atoms. The Morgan fingerprint density at radius 3 is 2.62 bits per heavy atom. The molecular weight excluding hydrogens is 303 g/mol. The molecule has 3 nitrogen and oxygen atoms in total. The van der Waals surface area contributed by atoms with E-state index in [0.717, 1.165) is 23.9 Å². The quantitative estimate of drug-likeness (QED) is 0.606. The highest BCUT2D eigenvalue weighted by Gasteiger charge is 2.28. The number of aryl methyl sites for hydroxylation is 1. The van der Waals surface area contributed by atoms with Gasteiger partial charge < -0.3 is 4.57 Å². The molecule has 0 saturated heterocycles. The lowest BCUT2D eigenvalue weighted by molar-refractivity contribution is 0.0987. The zero-order chi connectivity index (χ0) is 17.4. The van der Waals surface area contributed by atoms with E-state index in [1.807, 2.05) is 11.5 Å². The van der Waals surface area contributed by atoms with Crippen LogP contribution >= 0.6 is 0 Å². The highest BCUT2D eigenvalue weighted by atomic mass is 19.1. The zero-order valence-corrected chi connectivity index (χ0v) is 13.8. The van der Waals surface area contributed by atoms with E-state index in [4.69, 9.17) is 15.7 Å². The lowest BCUT2D eigenvalue weighted by Crippen LogP contribution is -2.20. The summed E-state index contributed by atoms with van der Waals surface area (Å²) in [5.74, 6) is -0.726. The van der Waals surface area contributed by atoms with E-state index in [2.05, 4.69) is 0 Å². The van der Waals surface area contributed by atoms with E-state index in [9.17, 15) is 14.0 Å². The first-order valence-electron chi connectivity index (χ1n) is 8.29. The van der Waals surface area contributed by atoms with Crippen molar-refractivity contribution in [2.75, 3.05) is 0 Å². The molecule has 0 amide bonds. The number of carbonyl (C=O) groups is 1. The summed E-state index contributed by atoms with van der Waals surface area (Å²) in [5.41, 5.74) is 1.68. The van der Waals surface area contributed by atoms with E-state index in [-0.39, 0.29) is 35.5 Å². The number of carbonyl (C=O) groups excluding carboxylic acids is 1. The SMILES string of the molecule is [B]CCC(=O)c1cn(C2CC2)c2c(C)c(CC[B])c(F)cc2c1=O. The van der Waals surface area contributed by atoms with Gasteiger partial charge in [0.25, 0.3) is 0 Å². The Morgan fingerprint density at radius 1 is 1.33 bits per heavy atom. The minimum Gasteiger partial charge on any atom is -0.343 e. The Morgan fingerprint density at radius 2 is 2.04 bits per heavy atom. The number of aromatic nitrogens is 1. The Labute approximate surface area is 143 Å². The molecule has 1 fully saturated rings. The van der Waals surface area contributed by atoms with Gasteiger partial charge in [0.05, 0.1) is 26.8 Å². The largest absolute Gasteiger partial charge is 0.343 e. The van der Waals surface area contributed by atoms with Gasteiger partial charge in [-0.05, 0) is 43.4 Å². The van der Waals surface area contributed by atoms with E-state index in [0.29, 0.717) is 18.3 Å². The maximum atomic E-state index is 14.5. The summed E-state index contributed by atoms with van der Waals surface area (Å²) in [6.45, 7) is 1.82. The number of Topliss-reactive ketones (excluding diaryl/α,β-unsaturated/α-hetero) is 1. The Kier molecular flexibility index (Phi) is 4.66. The monoisotopic (exact) mass is 321 g/mol. The summed E-state index contributed by atoms with van der Waals surface area (Å²) in [7, 11) is 11.0. The van der Waals surface area contributed by atoms with Crippen LogP contribution in [-0.4, -0.2) is 26.0 Å². The summed E-state index contributed by atoms with van der Waals surface area (Å²) < 4.78 is 16.4. The van der Waals surface area contributed by atoms with Gasteiger partial charge in [0.1, 0.15) is 5.82 Å². The molecule has 1 saturated carbocycles. The van der Waals surface area contributed by atoms with Gasteiger partial charge in [-0.1, -0.05) is 12.6 Å². The number of nitrogens with zero attached hydrogens (tertiary/aromatic N) is 1. The summed E-state index contributed by atoms with van der Waals surface area (Å²) in [5, 5.41) is 0.264. The lowest BCUT2D eigenvalue weighted by Gasteiger charge is -2.17. The van der Waals surface area contributed by atoms with Gasteiger partial charge in [0, 0.05) is 24.0 Å². The van der Waals surface area contributed by atoms with E-state index >= 15 is 0 Å². The number of hydrogen-bond donors (Lipinski definition) is 0. The van der Waals surface area contributed by atoms with Crippen LogP contribution in [-0.2, 0) is 6.42 Å². The van der Waals surface area contributed by atoms with Crippen molar-refractivity contribution >= 4 is 32.4 Å². The van der Waals surface area contributed by atoms with Crippen LogP contribution in [0, 0.1) is 12.7 Å². The molecular formula is C18H18B2FNO2. The molecule has 1 aromatic carbocycles. The third-order valence-corrected chi connectivity index (χ3v) is 4.64. The predicted octanol–water partition coefficient (Wildman–Crippen LogP) is 3.07. The van der Waals surface area contributed by atoms with Crippen LogP contribution in [0.15, 0.2) is 17.1 Å². The second-order valence-electron chi connectivity index (χ2n) is 6.37. The van der Waals surface area contributed by atoms with Gasteiger partial charge in [0.15, 0.2) is 11.2 Å². The van der Waals surface area contributed by atoms with Crippen molar-refractivity contribution < 1.29 is 9.18 Å². The minimum absolute atomic E-state index is 0.102. The molecule has 6 heteroatoms. The standard InChI is InChI=1S/C18H18B2FNO2/c1-10-12(4-6-19)15(21)8-13-17(10)22(11-2-3-11)9-14(18(13)24)16(23)5-7-20/h8-9,11H,2-7H2,1H3. The van der Waals surface area contributed by atoms with Gasteiger partial charge in [0.2, 0.25) is 0 Å². The molecule has 0 aliphatic heterocycles. The smallest absolute Gasteiger partial charge is 0.200 e. The molecule has 0 spiro atoms. The molecule has 0 unspecified atom stereocenters. The third kappa shape index (κ3) is 2.83. The molecule has 2 aromatic rings. The van der Waals surface area contributed by atoms with Crippen molar-refractivity contribution in [1.82, 2.24) is 4.57 Å². The van der Waals surface area contributed by atoms with Gasteiger partial charge in [-0.2, -0.15) is 0 Å². The minimum atomic E-state index is -0.437. The average molecular weight is 321 g/mol. The number of benzene rings is 1. The van der Waals surface area contributed by atoms with Crippen LogP contribution in [0.3, 0.4) is 0 Å². The predicted molar refractivity (Wildman–Crippen MR) is 94.9 cm³/mol. The molecule has 0 atom stereocenters. The summed E-state index contributed by atoms with van der Waals surface area (Å²) >= 11 is 0. The van der Waals surface area contributed by atoms with Crippen LogP contribution in [0.5, 0.6) is 0 Å². The van der Waals surface area contributed by atoms with Crippen molar-refractivity contribution in [3.8, 4) is 0 Å². The highest BCUT2D eigenvalue weighted by molar-refractivity contribution is 6.11. The number of ketones is 1. The molecule has 1 aliphatic rings. The Bertz CT molecular complexity index is 872. The Balaban J connectivity index is 2.34. The zero-order valence-electron chi connectivity index (χ0n) is 13.8. The molecule has 3 rings (SSSR count). The molecule has 0 N–H and O–H groups in total. The van der Waals surface area contributed by atoms with Crippen molar-refractivity contribution in [2.45, 2.75) is 51.3 Å². The summed E-state index contributed by atoms with van der Waals surface area (Å²) in [6.07, 6.45) is 4.67. The number of fused-ring (bicyclic) bond motifs is 1. The van der Waals surface area contributed by atoms with Crippen molar-refractivity contribution in [3.63, 3.8) is 0 Å². The number of hydrogen-bond acceptors (Lipinski definition) is 2. The first-order valence-corrected chi connectivity index (χ1v) is 8.29. The second kappa shape index (κ2) is 6.58. The lowest BCUT2D eigenvalue weighted by atomic mass is 9.91. The van der Waals surface area contributed by atoms with E-state index < -0.39 is 11.2 Å². The maximum Gasteiger partial charge on any atom is 0.200 e. The number of halogens is 1. The molecule has 1 heterocycles. The summed E-state index contributed by atoms with van der Waals surface area (Å²) in [4.78, 5) is 25.0. The normalized spacial score (nSPS) is 14.2. The van der Waals surface area contributed by atoms with Crippen molar-refractivity contribution in [2.24, 2.45) is 0 Å². The van der Waals surface area contributed by atoms with Crippen LogP contribution in [0.2, 0.25) is 12.6 Å². The molecule has 1 aromatic heterocycles. The van der Waals surface area contributed by atoms with Gasteiger partial charge in [-0.25, -0.2) is 4.39 Å². The van der Waals surface area contributed by atoms with Gasteiger partial charge in [-0.3, -0.25) is 9.59 Å². The fraction of sp³-hybridized carbons (Fsp3) is 0.444. The fourth-order valence-corrected chi connectivity index (χ4v) is 3.28. The molecule has 4 radical (unpaired) electrons. The van der Waals surface area contributed by atoms with Crippen LogP contribution in [0.25, 0.3) is 10.9 Å². The van der Waals surface area contributed by atoms with Crippen LogP contribution < -0.4 is 5.43 Å². The van der Waals surface area contributed by atoms with E-state index in [1.54, 1.807) is 6.20 Å². The van der Waals surface area contributed by atoms with Crippen molar-refractivity contribution in [1.29, 1.82) is 0 Å². The molecule has 1 aliphatic carbocycles. The summed E-state index contributed by atoms with van der Waals surface area (Å²) in [6, 6.07) is 1.51. The first-order chi connectivity index (χ1) is 11.5. The number of rotatable bonds is 6. The first kappa shape index (κ1) is 17.0. The topological polar surface area (TPSA) is 39.1 Å². The average Bonchev–Trinajstić information content (AvgIpc) is 3.37. The van der Waals surface area contributed by atoms with Gasteiger partial charge >= 0.3 is 0 Å². The fourth-order valence-electron chi connectivity index (χ4n) is 3.28. The third-order valence-electron chi connectivity index (χ3n) is 4.64. The van der Waals surface area contributed by atoms with Crippen LogP contribution in [0.1, 0.15) is 46.8 Å². The van der Waals surface area contributed by atoms with Crippen molar-refractivity contribution in [3.05, 3.63) is 45.0 Å². The number of pyridine rings is 1. The Hall–Kier alpha value is -1.84. The van der Waals surface area contributed by atoms with Gasteiger partial charge in [-0.15, -0.1) is 0 Å².